The third kappa shape index (κ3) is 4.34. The van der Waals surface area contributed by atoms with Crippen molar-refractivity contribution in [1.29, 1.82) is 5.26 Å². The van der Waals surface area contributed by atoms with E-state index in [1.165, 1.54) is 31.4 Å². The average Bonchev–Trinajstić information content (AvgIpc) is 2.61. The molecule has 0 aromatic heterocycles. The molecule has 0 amide bonds. The molecule has 0 aliphatic rings. The van der Waals surface area contributed by atoms with Crippen LogP contribution in [0.25, 0.3) is 0 Å². The van der Waals surface area contributed by atoms with Crippen LogP contribution in [0.1, 0.15) is 5.56 Å². The van der Waals surface area contributed by atoms with Crippen LogP contribution in [0.3, 0.4) is 0 Å². The molecule has 0 bridgehead atoms. The fourth-order valence-corrected chi connectivity index (χ4v) is 3.04. The van der Waals surface area contributed by atoms with E-state index in [4.69, 9.17) is 10.00 Å². The number of nitrogens with one attached hydrogen (secondary N) is 1. The van der Waals surface area contributed by atoms with Crippen LogP contribution in [0.2, 0.25) is 0 Å². The third-order valence-corrected chi connectivity index (χ3v) is 5.03. The average molecular weight is 382 g/mol. The van der Waals surface area contributed by atoms with Gasteiger partial charge in [-0.1, -0.05) is 0 Å². The van der Waals surface area contributed by atoms with Gasteiger partial charge in [-0.05, 0) is 48.5 Å². The van der Waals surface area contributed by atoms with Crippen molar-refractivity contribution in [2.75, 3.05) is 12.4 Å². The number of nitrogens with zero attached hydrogens (tertiary/aromatic N) is 1. The van der Waals surface area contributed by atoms with Crippen molar-refractivity contribution in [3.05, 3.63) is 65.2 Å². The molecular weight excluding hydrogens is 369 g/mol. The number of nitriles is 1. The van der Waals surface area contributed by atoms with E-state index in [2.05, 4.69) is 5.32 Å². The zero-order valence-electron chi connectivity index (χ0n) is 13.4. The fourth-order valence-electron chi connectivity index (χ4n) is 1.96. The Morgan fingerprint density at radius 1 is 1.12 bits per heavy atom. The summed E-state index contributed by atoms with van der Waals surface area (Å²) >= 11 is 0. The van der Waals surface area contributed by atoms with Crippen LogP contribution in [-0.4, -0.2) is 15.5 Å². The van der Waals surface area contributed by atoms with E-state index in [9.17, 15) is 21.6 Å². The minimum atomic E-state index is -4.47. The molecule has 0 aliphatic heterocycles. The van der Waals surface area contributed by atoms with Gasteiger partial charge in [0.25, 0.3) is 0 Å². The van der Waals surface area contributed by atoms with E-state index < -0.39 is 26.5 Å². The molecule has 0 heterocycles. The van der Waals surface area contributed by atoms with Gasteiger partial charge in [-0.15, -0.1) is 0 Å². The maximum Gasteiger partial charge on any atom is 0.416 e. The summed E-state index contributed by atoms with van der Waals surface area (Å²) in [5, 5.41) is 11.7. The lowest BCUT2D eigenvalue weighted by atomic mass is 10.2. The van der Waals surface area contributed by atoms with E-state index in [-0.39, 0.29) is 10.6 Å². The van der Waals surface area contributed by atoms with Gasteiger partial charge in [-0.3, -0.25) is 0 Å². The highest BCUT2D eigenvalue weighted by Gasteiger charge is 2.30. The molecule has 0 unspecified atom stereocenters. The number of hydrogen-bond acceptors (Lipinski definition) is 5. The van der Waals surface area contributed by atoms with Crippen molar-refractivity contribution in [2.24, 2.45) is 0 Å². The summed E-state index contributed by atoms with van der Waals surface area (Å²) in [6.07, 6.45) is -3.54. The Kier molecular flexibility index (Phi) is 5.57. The third-order valence-electron chi connectivity index (χ3n) is 3.35. The number of rotatable bonds is 5. The van der Waals surface area contributed by atoms with Gasteiger partial charge in [0.05, 0.1) is 17.6 Å². The summed E-state index contributed by atoms with van der Waals surface area (Å²) in [6, 6.07) is 11.0. The summed E-state index contributed by atoms with van der Waals surface area (Å²) in [5.74, 6) is 0.453. The molecule has 0 saturated heterocycles. The van der Waals surface area contributed by atoms with Gasteiger partial charge in [-0.25, -0.2) is 8.42 Å². The second kappa shape index (κ2) is 7.49. The predicted molar refractivity (Wildman–Crippen MR) is 88.9 cm³/mol. The molecule has 0 aliphatic carbocycles. The number of methoxy groups -OCH3 is 1. The monoisotopic (exact) mass is 382 g/mol. The molecule has 2 aromatic carbocycles. The number of halogens is 3. The molecule has 0 radical (unpaired) electrons. The van der Waals surface area contributed by atoms with Gasteiger partial charge in [0.1, 0.15) is 11.8 Å². The molecule has 0 atom stereocenters. The Hall–Kier alpha value is -2.99. The Balaban J connectivity index is 2.25. The van der Waals surface area contributed by atoms with Crippen LogP contribution < -0.4 is 10.1 Å². The highest BCUT2D eigenvalue weighted by molar-refractivity contribution is 7.95. The van der Waals surface area contributed by atoms with Crippen molar-refractivity contribution in [1.82, 2.24) is 0 Å². The summed E-state index contributed by atoms with van der Waals surface area (Å²) in [5.41, 5.74) is -0.630. The van der Waals surface area contributed by atoms with Crippen LogP contribution in [0.15, 0.2) is 64.5 Å². The zero-order chi connectivity index (χ0) is 19.4. The maximum atomic E-state index is 12.5. The first kappa shape index (κ1) is 19.3. The molecular formula is C17H13F3N2O3S. The van der Waals surface area contributed by atoms with Crippen molar-refractivity contribution in [2.45, 2.75) is 11.1 Å². The lowest BCUT2D eigenvalue weighted by molar-refractivity contribution is -0.137. The van der Waals surface area contributed by atoms with Gasteiger partial charge in [-0.2, -0.15) is 18.4 Å². The minimum Gasteiger partial charge on any atom is -0.497 e. The predicted octanol–water partition coefficient (Wildman–Crippen LogP) is 3.96. The van der Waals surface area contributed by atoms with E-state index in [0.29, 0.717) is 5.75 Å². The van der Waals surface area contributed by atoms with Crippen molar-refractivity contribution in [3.8, 4) is 11.8 Å². The molecule has 5 nitrogen and oxygen atoms in total. The number of benzene rings is 2. The summed E-state index contributed by atoms with van der Waals surface area (Å²) in [7, 11) is -2.65. The fraction of sp³-hybridized carbons (Fsp3) is 0.118. The topological polar surface area (TPSA) is 79.2 Å². The van der Waals surface area contributed by atoms with E-state index in [1.807, 2.05) is 0 Å². The zero-order valence-corrected chi connectivity index (χ0v) is 14.2. The Morgan fingerprint density at radius 2 is 1.69 bits per heavy atom. The quantitative estimate of drug-likeness (QED) is 0.792. The van der Waals surface area contributed by atoms with Crippen LogP contribution in [-0.2, 0) is 16.0 Å². The maximum absolute atomic E-state index is 12.5. The molecule has 0 fully saturated rings. The van der Waals surface area contributed by atoms with E-state index >= 15 is 0 Å². The molecule has 2 aromatic rings. The first-order chi connectivity index (χ1) is 12.2. The molecule has 2 rings (SSSR count). The van der Waals surface area contributed by atoms with Crippen LogP contribution in [0, 0.1) is 11.3 Å². The lowest BCUT2D eigenvalue weighted by Crippen LogP contribution is -2.06. The molecule has 0 spiro atoms. The van der Waals surface area contributed by atoms with Gasteiger partial charge in [0.15, 0.2) is 4.91 Å². The second-order valence-corrected chi connectivity index (χ2v) is 6.94. The normalized spacial score (nSPS) is 12.3. The molecule has 9 heteroatoms. The summed E-state index contributed by atoms with van der Waals surface area (Å²) in [4.78, 5) is -0.692. The first-order valence-electron chi connectivity index (χ1n) is 7.11. The van der Waals surface area contributed by atoms with E-state index in [1.54, 1.807) is 6.07 Å². The van der Waals surface area contributed by atoms with Crippen molar-refractivity contribution >= 4 is 15.5 Å². The van der Waals surface area contributed by atoms with Gasteiger partial charge in [0, 0.05) is 11.9 Å². The minimum absolute atomic E-state index is 0.111. The SMILES string of the molecule is COc1ccc(S(=O)(=O)/C(C#N)=C/Nc2ccc(C(F)(F)F)cc2)cc1. The van der Waals surface area contributed by atoms with Gasteiger partial charge in [0.2, 0.25) is 9.84 Å². The number of ether oxygens (including phenoxy) is 1. The van der Waals surface area contributed by atoms with Crippen molar-refractivity contribution < 1.29 is 26.3 Å². The number of anilines is 1. The number of hydrogen-bond donors (Lipinski definition) is 1. The highest BCUT2D eigenvalue weighted by atomic mass is 32.2. The Bertz CT molecular complexity index is 943. The molecule has 136 valence electrons. The Labute approximate surface area is 148 Å². The van der Waals surface area contributed by atoms with Gasteiger partial charge >= 0.3 is 6.18 Å². The van der Waals surface area contributed by atoms with Crippen LogP contribution in [0.4, 0.5) is 18.9 Å². The van der Waals surface area contributed by atoms with E-state index in [0.717, 1.165) is 30.5 Å². The van der Waals surface area contributed by atoms with Gasteiger partial charge < -0.3 is 10.1 Å². The summed E-state index contributed by atoms with van der Waals surface area (Å²) in [6.45, 7) is 0. The largest absolute Gasteiger partial charge is 0.497 e. The Morgan fingerprint density at radius 3 is 2.15 bits per heavy atom. The number of sulfone groups is 1. The van der Waals surface area contributed by atoms with Crippen LogP contribution in [0.5, 0.6) is 5.75 Å². The first-order valence-corrected chi connectivity index (χ1v) is 8.60. The summed E-state index contributed by atoms with van der Waals surface area (Å²) < 4.78 is 67.4. The van der Waals surface area contributed by atoms with Crippen molar-refractivity contribution in [3.63, 3.8) is 0 Å². The van der Waals surface area contributed by atoms with Crippen LogP contribution >= 0.6 is 0 Å². The number of allylic oxidation sites excluding steroid dienone is 1. The second-order valence-electron chi connectivity index (χ2n) is 5.02. The lowest BCUT2D eigenvalue weighted by Gasteiger charge is -2.08. The smallest absolute Gasteiger partial charge is 0.416 e. The molecule has 26 heavy (non-hydrogen) atoms. The number of alkyl halides is 3. The highest BCUT2D eigenvalue weighted by Crippen LogP contribution is 2.30. The standard InChI is InChI=1S/C17H13F3N2O3S/c1-25-14-6-8-15(9-7-14)26(23,24)16(10-21)11-22-13-4-2-12(3-5-13)17(18,19)20/h2-9,11,22H,1H3/b16-11+. The molecule has 1 N–H and O–H groups in total. The molecule has 0 saturated carbocycles.